The number of benzene rings is 2. The molecule has 2 aromatic rings. The number of halogens is 1. The second kappa shape index (κ2) is 11.4. The summed E-state index contributed by atoms with van der Waals surface area (Å²) in [6.07, 6.45) is 0.910. The molecule has 2 aromatic carbocycles. The number of sulfonamides is 1. The quantitative estimate of drug-likeness (QED) is 0.498. The van der Waals surface area contributed by atoms with Crippen molar-refractivity contribution in [1.29, 1.82) is 0 Å². The molecule has 0 aliphatic heterocycles. The predicted octanol–water partition coefficient (Wildman–Crippen LogP) is 4.68. The van der Waals surface area contributed by atoms with Crippen LogP contribution in [0.4, 0.5) is 5.69 Å². The Morgan fingerprint density at radius 3 is 2.38 bits per heavy atom. The molecule has 0 saturated heterocycles. The summed E-state index contributed by atoms with van der Waals surface area (Å²) in [4.78, 5) is 24.8. The van der Waals surface area contributed by atoms with Gasteiger partial charge in [-0.3, -0.25) is 4.79 Å². The molecule has 0 unspecified atom stereocenters. The van der Waals surface area contributed by atoms with Gasteiger partial charge in [0.25, 0.3) is 5.91 Å². The predicted molar refractivity (Wildman–Crippen MR) is 126 cm³/mol. The number of hydrogen-bond acceptors (Lipinski definition) is 5. The molecule has 7 nitrogen and oxygen atoms in total. The molecule has 1 N–H and O–H groups in total. The van der Waals surface area contributed by atoms with E-state index >= 15 is 0 Å². The number of nitrogens with one attached hydrogen (secondary N) is 1. The molecule has 0 fully saturated rings. The Labute approximate surface area is 194 Å². The van der Waals surface area contributed by atoms with Gasteiger partial charge in [-0.25, -0.2) is 13.2 Å². The molecule has 0 bridgehead atoms. The maximum Gasteiger partial charge on any atom is 0.340 e. The van der Waals surface area contributed by atoms with E-state index in [0.717, 1.165) is 12.0 Å². The molecule has 2 rings (SSSR count). The lowest BCUT2D eigenvalue weighted by Gasteiger charge is -2.19. The summed E-state index contributed by atoms with van der Waals surface area (Å²) in [7, 11) is -3.77. The minimum Gasteiger partial charge on any atom is -0.452 e. The maximum atomic E-state index is 12.7. The molecule has 0 aliphatic rings. The van der Waals surface area contributed by atoms with Crippen molar-refractivity contribution in [3.8, 4) is 0 Å². The molecule has 0 saturated carbocycles. The van der Waals surface area contributed by atoms with Crippen LogP contribution >= 0.6 is 11.6 Å². The number of para-hydroxylation sites is 1. The van der Waals surface area contributed by atoms with Crippen molar-refractivity contribution in [2.24, 2.45) is 0 Å². The number of amides is 1. The highest BCUT2D eigenvalue weighted by molar-refractivity contribution is 7.89. The highest BCUT2D eigenvalue weighted by atomic mass is 35.5. The van der Waals surface area contributed by atoms with Crippen LogP contribution in [-0.2, 0) is 19.6 Å². The number of esters is 1. The van der Waals surface area contributed by atoms with Crippen LogP contribution in [0.15, 0.2) is 47.4 Å². The molecule has 0 aromatic heterocycles. The summed E-state index contributed by atoms with van der Waals surface area (Å²) in [5.74, 6) is -1.13. The summed E-state index contributed by atoms with van der Waals surface area (Å²) >= 11 is 6.10. The van der Waals surface area contributed by atoms with E-state index in [-0.39, 0.29) is 21.4 Å². The van der Waals surface area contributed by atoms with Gasteiger partial charge in [-0.2, -0.15) is 4.31 Å². The van der Waals surface area contributed by atoms with Crippen molar-refractivity contribution >= 4 is 39.2 Å². The van der Waals surface area contributed by atoms with Crippen LogP contribution in [0.3, 0.4) is 0 Å². The minimum absolute atomic E-state index is 0.0380. The summed E-state index contributed by atoms with van der Waals surface area (Å²) in [6, 6.07) is 11.3. The highest BCUT2D eigenvalue weighted by Crippen LogP contribution is 2.27. The first-order chi connectivity index (χ1) is 15.1. The van der Waals surface area contributed by atoms with Gasteiger partial charge >= 0.3 is 5.97 Å². The van der Waals surface area contributed by atoms with Gasteiger partial charge in [0.15, 0.2) is 6.61 Å². The largest absolute Gasteiger partial charge is 0.452 e. The van der Waals surface area contributed by atoms with E-state index in [4.69, 9.17) is 16.3 Å². The molecule has 0 heterocycles. The number of carbonyl (C=O) groups excluding carboxylic acids is 2. The topological polar surface area (TPSA) is 92.8 Å². The number of nitrogens with zero attached hydrogens (tertiary/aromatic N) is 1. The molecular formula is C23H29ClN2O5S. The van der Waals surface area contributed by atoms with Crippen LogP contribution in [0.1, 0.15) is 56.0 Å². The lowest BCUT2D eigenvalue weighted by molar-refractivity contribution is -0.119. The van der Waals surface area contributed by atoms with E-state index in [9.17, 15) is 18.0 Å². The summed E-state index contributed by atoms with van der Waals surface area (Å²) in [5, 5.41) is 2.80. The smallest absolute Gasteiger partial charge is 0.340 e. The lowest BCUT2D eigenvalue weighted by Crippen LogP contribution is -2.30. The van der Waals surface area contributed by atoms with E-state index in [0.29, 0.717) is 18.8 Å². The first kappa shape index (κ1) is 25.8. The Balaban J connectivity index is 2.13. The van der Waals surface area contributed by atoms with Gasteiger partial charge in [0.05, 0.1) is 15.5 Å². The first-order valence-corrected chi connectivity index (χ1v) is 12.3. The van der Waals surface area contributed by atoms with Crippen molar-refractivity contribution in [2.45, 2.75) is 44.9 Å². The van der Waals surface area contributed by atoms with Gasteiger partial charge in [0.2, 0.25) is 10.0 Å². The number of ether oxygens (including phenoxy) is 1. The highest BCUT2D eigenvalue weighted by Gasteiger charge is 2.24. The van der Waals surface area contributed by atoms with Gasteiger partial charge in [-0.15, -0.1) is 0 Å². The Hall–Kier alpha value is -2.42. The van der Waals surface area contributed by atoms with E-state index in [1.165, 1.54) is 22.5 Å². The molecule has 174 valence electrons. The third-order valence-electron chi connectivity index (χ3n) is 5.21. The fourth-order valence-electron chi connectivity index (χ4n) is 3.19. The van der Waals surface area contributed by atoms with Gasteiger partial charge in [0.1, 0.15) is 0 Å². The average Bonchev–Trinajstić information content (AvgIpc) is 2.78. The number of hydrogen-bond donors (Lipinski definition) is 1. The van der Waals surface area contributed by atoms with Crippen molar-refractivity contribution in [2.75, 3.05) is 25.0 Å². The van der Waals surface area contributed by atoms with Crippen LogP contribution in [-0.4, -0.2) is 44.3 Å². The first-order valence-electron chi connectivity index (χ1n) is 10.5. The van der Waals surface area contributed by atoms with Crippen molar-refractivity contribution < 1.29 is 22.7 Å². The van der Waals surface area contributed by atoms with E-state index < -0.39 is 28.5 Å². The molecule has 1 amide bonds. The monoisotopic (exact) mass is 480 g/mol. The van der Waals surface area contributed by atoms with Crippen molar-refractivity contribution in [1.82, 2.24) is 4.31 Å². The van der Waals surface area contributed by atoms with E-state index in [1.54, 1.807) is 19.9 Å². The molecule has 9 heteroatoms. The van der Waals surface area contributed by atoms with Crippen LogP contribution in [0, 0.1) is 0 Å². The molecule has 0 spiro atoms. The average molecular weight is 481 g/mol. The zero-order chi connectivity index (χ0) is 23.9. The van der Waals surface area contributed by atoms with E-state index in [1.807, 2.05) is 18.2 Å². The van der Waals surface area contributed by atoms with Gasteiger partial charge in [-0.1, -0.05) is 57.5 Å². The Morgan fingerprint density at radius 1 is 1.09 bits per heavy atom. The zero-order valence-corrected chi connectivity index (χ0v) is 20.3. The molecule has 0 radical (unpaired) electrons. The second-order valence-electron chi connectivity index (χ2n) is 7.25. The Kier molecular flexibility index (Phi) is 9.24. The van der Waals surface area contributed by atoms with Crippen LogP contribution < -0.4 is 5.32 Å². The van der Waals surface area contributed by atoms with Crippen LogP contribution in [0.25, 0.3) is 0 Å². The van der Waals surface area contributed by atoms with Crippen LogP contribution in [0.2, 0.25) is 5.02 Å². The zero-order valence-electron chi connectivity index (χ0n) is 18.7. The summed E-state index contributed by atoms with van der Waals surface area (Å²) < 4.78 is 31.8. The van der Waals surface area contributed by atoms with Crippen LogP contribution in [0.5, 0.6) is 0 Å². The molecule has 32 heavy (non-hydrogen) atoms. The summed E-state index contributed by atoms with van der Waals surface area (Å²) in [5.41, 5.74) is 1.54. The van der Waals surface area contributed by atoms with Gasteiger partial charge in [0, 0.05) is 18.8 Å². The van der Waals surface area contributed by atoms with Gasteiger partial charge < -0.3 is 10.1 Å². The number of anilines is 1. The second-order valence-corrected chi connectivity index (χ2v) is 9.60. The summed E-state index contributed by atoms with van der Waals surface area (Å²) in [6.45, 7) is 7.63. The fraction of sp³-hybridized carbons (Fsp3) is 0.391. The minimum atomic E-state index is -3.77. The van der Waals surface area contributed by atoms with Crippen molar-refractivity contribution in [3.05, 3.63) is 58.6 Å². The van der Waals surface area contributed by atoms with E-state index in [2.05, 4.69) is 19.2 Å². The Morgan fingerprint density at radius 2 is 1.75 bits per heavy atom. The normalized spacial score (nSPS) is 12.4. The SMILES string of the molecule is CC[C@@H](C)c1ccccc1NC(=O)COC(=O)c1cc(S(=O)(=O)N(CC)CC)ccc1Cl. The number of rotatable bonds is 10. The maximum absolute atomic E-state index is 12.7. The lowest BCUT2D eigenvalue weighted by atomic mass is 9.97. The third kappa shape index (κ3) is 6.09. The van der Waals surface area contributed by atoms with Crippen molar-refractivity contribution in [3.63, 3.8) is 0 Å². The molecule has 0 aliphatic carbocycles. The standard InChI is InChI=1S/C23H29ClN2O5S/c1-5-16(4)18-10-8-9-11-21(18)25-22(27)15-31-23(28)19-14-17(12-13-20(19)24)32(29,30)26(6-2)7-3/h8-14,16H,5-7,15H2,1-4H3,(H,25,27)/t16-/m1/s1. The third-order valence-corrected chi connectivity index (χ3v) is 7.59. The fourth-order valence-corrected chi connectivity index (χ4v) is 4.87. The number of carbonyl (C=O) groups is 2. The van der Waals surface area contributed by atoms with Gasteiger partial charge in [-0.05, 0) is 42.2 Å². The molecular weight excluding hydrogens is 452 g/mol. The Bertz CT molecular complexity index is 1070. The molecule has 1 atom stereocenters.